The van der Waals surface area contributed by atoms with Crippen LogP contribution in [0.2, 0.25) is 0 Å². The van der Waals surface area contributed by atoms with Gasteiger partial charge in [-0.1, -0.05) is 13.8 Å². The molecule has 1 fully saturated rings. The van der Waals surface area contributed by atoms with Gasteiger partial charge < -0.3 is 9.47 Å². The summed E-state index contributed by atoms with van der Waals surface area (Å²) in [5.41, 5.74) is -0.389. The van der Waals surface area contributed by atoms with E-state index < -0.39 is 0 Å². The fourth-order valence-electron chi connectivity index (χ4n) is 3.47. The van der Waals surface area contributed by atoms with Crippen molar-refractivity contribution in [3.05, 3.63) is 0 Å². The van der Waals surface area contributed by atoms with E-state index in [2.05, 4.69) is 39.1 Å². The van der Waals surface area contributed by atoms with Gasteiger partial charge in [-0.3, -0.25) is 9.59 Å². The van der Waals surface area contributed by atoms with Gasteiger partial charge in [-0.05, 0) is 44.4 Å². The van der Waals surface area contributed by atoms with Crippen LogP contribution in [0.25, 0.3) is 0 Å². The van der Waals surface area contributed by atoms with Crippen molar-refractivity contribution in [3.8, 4) is 0 Å². The molecular weight excluding hydrogens is 332 g/mol. The molecule has 0 heterocycles. The first kappa shape index (κ1) is 20.7. The van der Waals surface area contributed by atoms with Crippen LogP contribution in [0.3, 0.4) is 0 Å². The van der Waals surface area contributed by atoms with Gasteiger partial charge in [-0.15, -0.1) is 0 Å². The molecule has 1 saturated carbocycles. The number of esters is 2. The molecule has 0 atom stereocenters. The zero-order chi connectivity index (χ0) is 17.3. The smallest absolute Gasteiger partial charge is 0.307 e. The zero-order valence-electron chi connectivity index (χ0n) is 14.3. The molecule has 1 aliphatic carbocycles. The highest BCUT2D eigenvalue weighted by molar-refractivity contribution is 7.80. The standard InChI is InChI=1S/C17H30O4S2/c1-3-17(4-2,21-16(19)10-12-23)13-5-7-14(8-6-13)20-15(18)9-11-22/h13-14,22-23H,3-12H2,1-2H3. The second-order valence-electron chi connectivity index (χ2n) is 6.16. The maximum Gasteiger partial charge on any atom is 0.307 e. The summed E-state index contributed by atoms with van der Waals surface area (Å²) in [5, 5.41) is 0. The molecule has 134 valence electrons. The van der Waals surface area contributed by atoms with Crippen LogP contribution in [-0.2, 0) is 19.1 Å². The van der Waals surface area contributed by atoms with Crippen molar-refractivity contribution in [3.63, 3.8) is 0 Å². The Hall–Kier alpha value is -0.360. The monoisotopic (exact) mass is 362 g/mol. The van der Waals surface area contributed by atoms with Crippen molar-refractivity contribution in [1.29, 1.82) is 0 Å². The van der Waals surface area contributed by atoms with Gasteiger partial charge >= 0.3 is 11.9 Å². The van der Waals surface area contributed by atoms with Crippen molar-refractivity contribution >= 4 is 37.2 Å². The SMILES string of the molecule is CCC(CC)(OC(=O)CCS)C1CCC(OC(=O)CCS)CC1. The summed E-state index contributed by atoms with van der Waals surface area (Å²) in [6.07, 6.45) is 5.87. The Morgan fingerprint density at radius 3 is 1.96 bits per heavy atom. The highest BCUT2D eigenvalue weighted by Gasteiger charge is 2.41. The number of rotatable bonds is 9. The molecule has 0 unspecified atom stereocenters. The Bertz CT molecular complexity index is 375. The predicted octanol–water partition coefficient (Wildman–Crippen LogP) is 3.83. The highest BCUT2D eigenvalue weighted by Crippen LogP contribution is 2.40. The van der Waals surface area contributed by atoms with E-state index in [-0.39, 0.29) is 23.6 Å². The lowest BCUT2D eigenvalue weighted by molar-refractivity contribution is -0.171. The average molecular weight is 363 g/mol. The van der Waals surface area contributed by atoms with Gasteiger partial charge in [0, 0.05) is 11.5 Å². The minimum atomic E-state index is -0.389. The molecule has 0 aliphatic heterocycles. The maximum atomic E-state index is 12.0. The molecule has 0 N–H and O–H groups in total. The number of carbonyl (C=O) groups excluding carboxylic acids is 2. The van der Waals surface area contributed by atoms with Crippen LogP contribution >= 0.6 is 25.3 Å². The van der Waals surface area contributed by atoms with E-state index in [4.69, 9.17) is 9.47 Å². The molecule has 0 aromatic rings. The van der Waals surface area contributed by atoms with Gasteiger partial charge in [0.25, 0.3) is 0 Å². The normalized spacial score (nSPS) is 21.7. The molecule has 0 aromatic carbocycles. The summed E-state index contributed by atoms with van der Waals surface area (Å²) >= 11 is 8.15. The first-order valence-corrected chi connectivity index (χ1v) is 9.90. The van der Waals surface area contributed by atoms with E-state index >= 15 is 0 Å². The van der Waals surface area contributed by atoms with E-state index in [1.165, 1.54) is 0 Å². The topological polar surface area (TPSA) is 52.6 Å². The molecular formula is C17H30O4S2. The molecule has 0 amide bonds. The van der Waals surface area contributed by atoms with E-state index in [9.17, 15) is 9.59 Å². The zero-order valence-corrected chi connectivity index (χ0v) is 16.0. The predicted molar refractivity (Wildman–Crippen MR) is 98.2 cm³/mol. The molecule has 0 radical (unpaired) electrons. The third-order valence-corrected chi connectivity index (χ3v) is 5.31. The summed E-state index contributed by atoms with van der Waals surface area (Å²) in [6, 6.07) is 0. The molecule has 0 bridgehead atoms. The lowest BCUT2D eigenvalue weighted by Gasteiger charge is -2.42. The van der Waals surface area contributed by atoms with Crippen molar-refractivity contribution in [1.82, 2.24) is 0 Å². The highest BCUT2D eigenvalue weighted by atomic mass is 32.1. The fourth-order valence-corrected chi connectivity index (χ4v) is 3.83. The van der Waals surface area contributed by atoms with Gasteiger partial charge in [0.1, 0.15) is 11.7 Å². The Labute approximate surface area is 150 Å². The number of ether oxygens (including phenoxy) is 2. The molecule has 0 aromatic heterocycles. The van der Waals surface area contributed by atoms with Crippen LogP contribution in [0.15, 0.2) is 0 Å². The van der Waals surface area contributed by atoms with Crippen molar-refractivity contribution in [2.75, 3.05) is 11.5 Å². The van der Waals surface area contributed by atoms with Crippen LogP contribution < -0.4 is 0 Å². The molecule has 1 rings (SSSR count). The van der Waals surface area contributed by atoms with Crippen LogP contribution in [0, 0.1) is 5.92 Å². The Kier molecular flexibility index (Phi) is 9.44. The quantitative estimate of drug-likeness (QED) is 0.483. The summed E-state index contributed by atoms with van der Waals surface area (Å²) < 4.78 is 11.3. The average Bonchev–Trinajstić information content (AvgIpc) is 2.54. The first-order chi connectivity index (χ1) is 11.0. The van der Waals surface area contributed by atoms with E-state index in [1.807, 2.05) is 0 Å². The van der Waals surface area contributed by atoms with Crippen LogP contribution in [0.1, 0.15) is 65.2 Å². The summed E-state index contributed by atoms with van der Waals surface area (Å²) in [6.45, 7) is 4.16. The number of hydrogen-bond donors (Lipinski definition) is 2. The van der Waals surface area contributed by atoms with Crippen LogP contribution in [-0.4, -0.2) is 35.1 Å². The van der Waals surface area contributed by atoms with Crippen LogP contribution in [0.4, 0.5) is 0 Å². The van der Waals surface area contributed by atoms with Gasteiger partial charge in [0.15, 0.2) is 0 Å². The van der Waals surface area contributed by atoms with Crippen molar-refractivity contribution in [2.45, 2.75) is 76.9 Å². The van der Waals surface area contributed by atoms with Gasteiger partial charge in [0.2, 0.25) is 0 Å². The lowest BCUT2D eigenvalue weighted by Crippen LogP contribution is -2.44. The molecule has 4 nitrogen and oxygen atoms in total. The Morgan fingerprint density at radius 1 is 0.957 bits per heavy atom. The first-order valence-electron chi connectivity index (χ1n) is 8.64. The second kappa shape index (κ2) is 10.5. The van der Waals surface area contributed by atoms with E-state index in [0.29, 0.717) is 30.3 Å². The molecule has 0 saturated heterocycles. The molecule has 23 heavy (non-hydrogen) atoms. The van der Waals surface area contributed by atoms with Gasteiger partial charge in [0.05, 0.1) is 12.8 Å². The maximum absolute atomic E-state index is 12.0. The molecule has 0 spiro atoms. The third kappa shape index (κ3) is 6.22. The summed E-state index contributed by atoms with van der Waals surface area (Å²) in [4.78, 5) is 23.5. The molecule has 6 heteroatoms. The Morgan fingerprint density at radius 2 is 1.48 bits per heavy atom. The summed E-state index contributed by atoms with van der Waals surface area (Å²) in [7, 11) is 0. The second-order valence-corrected chi connectivity index (χ2v) is 7.05. The number of thiol groups is 2. The lowest BCUT2D eigenvalue weighted by atomic mass is 9.73. The van der Waals surface area contributed by atoms with E-state index in [1.54, 1.807) is 0 Å². The third-order valence-electron chi connectivity index (χ3n) is 4.86. The van der Waals surface area contributed by atoms with Gasteiger partial charge in [-0.25, -0.2) is 0 Å². The summed E-state index contributed by atoms with van der Waals surface area (Å²) in [5.74, 6) is 1.04. The Balaban J connectivity index is 2.59. The minimum Gasteiger partial charge on any atom is -0.462 e. The number of carbonyl (C=O) groups is 2. The minimum absolute atomic E-state index is 0.00168. The fraction of sp³-hybridized carbons (Fsp3) is 0.882. The van der Waals surface area contributed by atoms with Crippen molar-refractivity contribution < 1.29 is 19.1 Å². The number of hydrogen-bond acceptors (Lipinski definition) is 6. The van der Waals surface area contributed by atoms with Crippen molar-refractivity contribution in [2.24, 2.45) is 5.92 Å². The largest absolute Gasteiger partial charge is 0.462 e. The molecule has 1 aliphatic rings. The van der Waals surface area contributed by atoms with Gasteiger partial charge in [-0.2, -0.15) is 25.3 Å². The van der Waals surface area contributed by atoms with E-state index in [0.717, 1.165) is 38.5 Å². The van der Waals surface area contributed by atoms with Crippen LogP contribution in [0.5, 0.6) is 0 Å².